The molecule has 2 aromatic carbocycles. The van der Waals surface area contributed by atoms with E-state index in [1.165, 1.54) is 18.2 Å². The van der Waals surface area contributed by atoms with E-state index < -0.39 is 5.82 Å². The molecule has 162 valence electrons. The van der Waals surface area contributed by atoms with E-state index in [1.807, 2.05) is 39.8 Å². The summed E-state index contributed by atoms with van der Waals surface area (Å²) >= 11 is 0. The Kier molecular flexibility index (Phi) is 8.84. The van der Waals surface area contributed by atoms with Crippen LogP contribution in [0.25, 0.3) is 0 Å². The lowest BCUT2D eigenvalue weighted by Crippen LogP contribution is -2.08. The summed E-state index contributed by atoms with van der Waals surface area (Å²) < 4.78 is 29.4. The Balaban J connectivity index is 1.79. The maximum atomic E-state index is 13.4. The van der Waals surface area contributed by atoms with Gasteiger partial charge in [0, 0.05) is 18.1 Å². The van der Waals surface area contributed by atoms with E-state index >= 15 is 0 Å². The van der Waals surface area contributed by atoms with Crippen molar-refractivity contribution in [3.8, 4) is 17.2 Å². The molecule has 0 N–H and O–H groups in total. The van der Waals surface area contributed by atoms with Crippen LogP contribution in [0.2, 0.25) is 0 Å². The summed E-state index contributed by atoms with van der Waals surface area (Å²) in [6.45, 7) is 9.12. The van der Waals surface area contributed by atoms with Gasteiger partial charge in [-0.15, -0.1) is 0 Å². The standard InChI is InChI=1S/C24H29FO5/c1-16(2)13-22(27)20-8-10-23(18(4)17(20)3)29-12-6-5-11-28-19-7-9-21(25)24(14-19)30-15-26/h7-10,14-16H,5-6,11-13H2,1-4H3. The molecule has 0 bridgehead atoms. The maximum absolute atomic E-state index is 13.4. The molecular weight excluding hydrogens is 387 g/mol. The van der Waals surface area contributed by atoms with Crippen molar-refractivity contribution in [3.05, 3.63) is 52.8 Å². The third-order valence-corrected chi connectivity index (χ3v) is 4.77. The number of rotatable bonds is 12. The van der Waals surface area contributed by atoms with Crippen molar-refractivity contribution >= 4 is 12.3 Å². The zero-order chi connectivity index (χ0) is 22.1. The molecule has 6 heteroatoms. The Labute approximate surface area is 177 Å². The second-order valence-corrected chi connectivity index (χ2v) is 7.59. The predicted octanol–water partition coefficient (Wildman–Crippen LogP) is 5.44. The molecule has 5 nitrogen and oxygen atoms in total. The van der Waals surface area contributed by atoms with E-state index in [2.05, 4.69) is 4.74 Å². The number of halogens is 1. The van der Waals surface area contributed by atoms with Crippen LogP contribution in [0.15, 0.2) is 30.3 Å². The number of hydrogen-bond donors (Lipinski definition) is 0. The van der Waals surface area contributed by atoms with Crippen LogP contribution in [0, 0.1) is 25.6 Å². The van der Waals surface area contributed by atoms with E-state index in [-0.39, 0.29) is 18.0 Å². The van der Waals surface area contributed by atoms with Crippen LogP contribution in [0.3, 0.4) is 0 Å². The zero-order valence-corrected chi connectivity index (χ0v) is 18.0. The molecule has 0 unspecified atom stereocenters. The fraction of sp³-hybridized carbons (Fsp3) is 0.417. The van der Waals surface area contributed by atoms with Gasteiger partial charge in [-0.05, 0) is 68.0 Å². The molecule has 0 spiro atoms. The first-order valence-corrected chi connectivity index (χ1v) is 10.1. The van der Waals surface area contributed by atoms with E-state index in [0.29, 0.717) is 31.3 Å². The molecule has 0 saturated heterocycles. The van der Waals surface area contributed by atoms with E-state index in [9.17, 15) is 14.0 Å². The van der Waals surface area contributed by atoms with Crippen LogP contribution in [0.5, 0.6) is 17.2 Å². The summed E-state index contributed by atoms with van der Waals surface area (Å²) in [5, 5.41) is 0. The number of benzene rings is 2. The SMILES string of the molecule is Cc1c(OCCCCOc2ccc(F)c(OC=O)c2)ccc(C(=O)CC(C)C)c1C. The normalized spacial score (nSPS) is 10.7. The highest BCUT2D eigenvalue weighted by Crippen LogP contribution is 2.26. The number of ether oxygens (including phenoxy) is 3. The predicted molar refractivity (Wildman–Crippen MR) is 113 cm³/mol. The highest BCUT2D eigenvalue weighted by atomic mass is 19.1. The molecule has 0 saturated carbocycles. The lowest BCUT2D eigenvalue weighted by atomic mass is 9.95. The highest BCUT2D eigenvalue weighted by Gasteiger charge is 2.14. The minimum absolute atomic E-state index is 0.160. The van der Waals surface area contributed by atoms with Gasteiger partial charge in [-0.2, -0.15) is 0 Å². The minimum Gasteiger partial charge on any atom is -0.493 e. The molecule has 0 aromatic heterocycles. The van der Waals surface area contributed by atoms with Crippen molar-refractivity contribution in [3.63, 3.8) is 0 Å². The topological polar surface area (TPSA) is 61.8 Å². The van der Waals surface area contributed by atoms with Gasteiger partial charge in [-0.1, -0.05) is 13.8 Å². The molecule has 0 aliphatic heterocycles. The number of ketones is 1. The van der Waals surface area contributed by atoms with Crippen LogP contribution < -0.4 is 14.2 Å². The second kappa shape index (κ2) is 11.3. The number of carbonyl (C=O) groups excluding carboxylic acids is 2. The average molecular weight is 416 g/mol. The van der Waals surface area contributed by atoms with Gasteiger partial charge in [-0.25, -0.2) is 4.39 Å². The van der Waals surface area contributed by atoms with Crippen molar-refractivity contribution in [2.75, 3.05) is 13.2 Å². The number of unbranched alkanes of at least 4 members (excludes halogenated alkanes) is 1. The molecular formula is C24H29FO5. The fourth-order valence-corrected chi connectivity index (χ4v) is 3.03. The summed E-state index contributed by atoms with van der Waals surface area (Å²) in [6.07, 6.45) is 2.05. The molecule has 0 heterocycles. The van der Waals surface area contributed by atoms with E-state index in [4.69, 9.17) is 9.47 Å². The van der Waals surface area contributed by atoms with Crippen molar-refractivity contribution in [1.82, 2.24) is 0 Å². The first-order chi connectivity index (χ1) is 14.3. The van der Waals surface area contributed by atoms with E-state index in [0.717, 1.165) is 35.3 Å². The van der Waals surface area contributed by atoms with Gasteiger partial charge in [-0.3, -0.25) is 9.59 Å². The zero-order valence-electron chi connectivity index (χ0n) is 18.0. The third-order valence-electron chi connectivity index (χ3n) is 4.77. The molecule has 0 aliphatic carbocycles. The third kappa shape index (κ3) is 6.58. The number of carbonyl (C=O) groups is 2. The summed E-state index contributed by atoms with van der Waals surface area (Å²) in [7, 11) is 0. The average Bonchev–Trinajstić information content (AvgIpc) is 2.69. The Hall–Kier alpha value is -2.89. The highest BCUT2D eigenvalue weighted by molar-refractivity contribution is 5.98. The van der Waals surface area contributed by atoms with Crippen LogP contribution in [-0.4, -0.2) is 25.5 Å². The molecule has 30 heavy (non-hydrogen) atoms. The lowest BCUT2D eigenvalue weighted by molar-refractivity contribution is -0.120. The largest absolute Gasteiger partial charge is 0.493 e. The fourth-order valence-electron chi connectivity index (χ4n) is 3.03. The second-order valence-electron chi connectivity index (χ2n) is 7.59. The molecule has 0 fully saturated rings. The van der Waals surface area contributed by atoms with Gasteiger partial charge in [0.05, 0.1) is 13.2 Å². The summed E-state index contributed by atoms with van der Waals surface area (Å²) in [6, 6.07) is 7.72. The van der Waals surface area contributed by atoms with Crippen LogP contribution >= 0.6 is 0 Å². The Bertz CT molecular complexity index is 876. The molecule has 0 aliphatic rings. The van der Waals surface area contributed by atoms with Crippen LogP contribution in [-0.2, 0) is 4.79 Å². The first kappa shape index (κ1) is 23.4. The summed E-state index contributed by atoms with van der Waals surface area (Å²) in [5.41, 5.74) is 2.71. The lowest BCUT2D eigenvalue weighted by Gasteiger charge is -2.15. The first-order valence-electron chi connectivity index (χ1n) is 10.1. The van der Waals surface area contributed by atoms with Crippen molar-refractivity contribution in [1.29, 1.82) is 0 Å². The molecule has 0 radical (unpaired) electrons. The van der Waals surface area contributed by atoms with Gasteiger partial charge < -0.3 is 14.2 Å². The minimum atomic E-state index is -0.620. The van der Waals surface area contributed by atoms with Gasteiger partial charge in [0.25, 0.3) is 6.47 Å². The Morgan fingerprint density at radius 3 is 2.37 bits per heavy atom. The smallest absolute Gasteiger partial charge is 0.298 e. The van der Waals surface area contributed by atoms with Gasteiger partial charge >= 0.3 is 0 Å². The van der Waals surface area contributed by atoms with Gasteiger partial charge in [0.1, 0.15) is 11.5 Å². The molecule has 0 amide bonds. The number of hydrogen-bond acceptors (Lipinski definition) is 5. The molecule has 2 rings (SSSR count). The molecule has 0 atom stereocenters. The van der Waals surface area contributed by atoms with Crippen molar-refractivity contribution in [2.24, 2.45) is 5.92 Å². The summed E-state index contributed by atoms with van der Waals surface area (Å²) in [5.74, 6) is 0.926. The van der Waals surface area contributed by atoms with Crippen molar-refractivity contribution in [2.45, 2.75) is 47.0 Å². The van der Waals surface area contributed by atoms with Crippen LogP contribution in [0.4, 0.5) is 4.39 Å². The van der Waals surface area contributed by atoms with Crippen molar-refractivity contribution < 1.29 is 28.2 Å². The quantitative estimate of drug-likeness (QED) is 0.262. The van der Waals surface area contributed by atoms with Gasteiger partial charge in [0.15, 0.2) is 17.3 Å². The number of Topliss-reactive ketones (excluding diaryl/α,β-unsaturated/α-hetero) is 1. The monoisotopic (exact) mass is 416 g/mol. The summed E-state index contributed by atoms with van der Waals surface area (Å²) in [4.78, 5) is 22.7. The molecule has 2 aromatic rings. The van der Waals surface area contributed by atoms with E-state index in [1.54, 1.807) is 0 Å². The van der Waals surface area contributed by atoms with Gasteiger partial charge in [0.2, 0.25) is 0 Å². The Morgan fingerprint density at radius 1 is 1.00 bits per heavy atom. The Morgan fingerprint density at radius 2 is 1.70 bits per heavy atom. The van der Waals surface area contributed by atoms with Crippen LogP contribution in [0.1, 0.15) is 54.6 Å². The maximum Gasteiger partial charge on any atom is 0.298 e.